The van der Waals surface area contributed by atoms with Crippen molar-refractivity contribution in [3.05, 3.63) is 59.6 Å². The van der Waals surface area contributed by atoms with Gasteiger partial charge in [-0.2, -0.15) is 0 Å². The third-order valence-corrected chi connectivity index (χ3v) is 6.17. The molecule has 0 fully saturated rings. The fraction of sp³-hybridized carbons (Fsp3) is 0.227. The Morgan fingerprint density at radius 3 is 2.74 bits per heavy atom. The largest absolute Gasteiger partial charge is 0.486 e. The second-order valence-corrected chi connectivity index (χ2v) is 8.15. The van der Waals surface area contributed by atoms with Gasteiger partial charge in [-0.05, 0) is 37.3 Å². The first-order chi connectivity index (χ1) is 15.2. The molecule has 158 valence electrons. The van der Waals surface area contributed by atoms with E-state index in [1.165, 1.54) is 0 Å². The summed E-state index contributed by atoms with van der Waals surface area (Å²) in [5, 5.41) is 9.74. The number of halogens is 1. The summed E-state index contributed by atoms with van der Waals surface area (Å²) in [7, 11) is 0. The quantitative estimate of drug-likeness (QED) is 0.364. The predicted octanol–water partition coefficient (Wildman–Crippen LogP) is 5.34. The van der Waals surface area contributed by atoms with Crippen LogP contribution in [-0.2, 0) is 12.3 Å². The first-order valence-electron chi connectivity index (χ1n) is 9.88. The first kappa shape index (κ1) is 20.0. The van der Waals surface area contributed by atoms with E-state index in [1.807, 2.05) is 42.6 Å². The molecule has 7 nitrogen and oxygen atoms in total. The lowest BCUT2D eigenvalue weighted by molar-refractivity contribution is 0.171. The van der Waals surface area contributed by atoms with Crippen molar-refractivity contribution in [2.75, 3.05) is 13.2 Å². The first-order valence-corrected chi connectivity index (χ1v) is 11.2. The Morgan fingerprint density at radius 2 is 1.90 bits per heavy atom. The van der Waals surface area contributed by atoms with E-state index in [4.69, 9.17) is 25.5 Å². The number of benzene rings is 2. The molecule has 0 bridgehead atoms. The molecule has 1 aliphatic heterocycles. The fourth-order valence-corrected chi connectivity index (χ4v) is 4.49. The van der Waals surface area contributed by atoms with Crippen LogP contribution in [0.15, 0.2) is 58.2 Å². The van der Waals surface area contributed by atoms with Crippen LogP contribution in [-0.4, -0.2) is 33.0 Å². The van der Waals surface area contributed by atoms with Crippen molar-refractivity contribution < 1.29 is 13.9 Å². The summed E-state index contributed by atoms with van der Waals surface area (Å²) in [6.45, 7) is 4.01. The Hall–Kier alpha value is -2.97. The number of thioether (sulfide) groups is 1. The summed E-state index contributed by atoms with van der Waals surface area (Å²) in [6.07, 6.45) is 1.88. The topological polar surface area (TPSA) is 75.2 Å². The maximum atomic E-state index is 6.22. The highest BCUT2D eigenvalue weighted by molar-refractivity contribution is 7.98. The van der Waals surface area contributed by atoms with E-state index >= 15 is 0 Å². The number of hydrogen-bond acceptors (Lipinski definition) is 7. The number of imidazole rings is 1. The zero-order valence-electron chi connectivity index (χ0n) is 16.7. The maximum absolute atomic E-state index is 6.22. The van der Waals surface area contributed by atoms with Crippen molar-refractivity contribution in [2.45, 2.75) is 24.4 Å². The number of ether oxygens (including phenoxy) is 2. The summed E-state index contributed by atoms with van der Waals surface area (Å²) in [4.78, 5) is 4.61. The average Bonchev–Trinajstić information content (AvgIpc) is 3.44. The third-order valence-electron chi connectivity index (χ3n) is 4.87. The lowest BCUT2D eigenvalue weighted by atomic mass is 10.1. The van der Waals surface area contributed by atoms with Crippen LogP contribution in [0.1, 0.15) is 12.8 Å². The van der Waals surface area contributed by atoms with Gasteiger partial charge in [-0.25, -0.2) is 4.98 Å². The van der Waals surface area contributed by atoms with Gasteiger partial charge in [0.2, 0.25) is 11.8 Å². The Kier molecular flexibility index (Phi) is 5.57. The summed E-state index contributed by atoms with van der Waals surface area (Å²) >= 11 is 7.77. The molecule has 2 aromatic heterocycles. The Balaban J connectivity index is 1.34. The monoisotopic (exact) mass is 454 g/mol. The van der Waals surface area contributed by atoms with Gasteiger partial charge in [0.15, 0.2) is 16.7 Å². The van der Waals surface area contributed by atoms with Crippen LogP contribution in [0.3, 0.4) is 0 Å². The minimum absolute atomic E-state index is 0.414. The van der Waals surface area contributed by atoms with Crippen molar-refractivity contribution >= 4 is 23.4 Å². The van der Waals surface area contributed by atoms with E-state index < -0.39 is 0 Å². The highest BCUT2D eigenvalue weighted by Gasteiger charge is 2.17. The van der Waals surface area contributed by atoms with E-state index in [9.17, 15) is 0 Å². The van der Waals surface area contributed by atoms with Gasteiger partial charge in [0.25, 0.3) is 0 Å². The summed E-state index contributed by atoms with van der Waals surface area (Å²) in [5.41, 5.74) is 2.78. The predicted molar refractivity (Wildman–Crippen MR) is 119 cm³/mol. The zero-order valence-corrected chi connectivity index (χ0v) is 18.3. The van der Waals surface area contributed by atoms with Gasteiger partial charge < -0.3 is 18.5 Å². The summed E-state index contributed by atoms with van der Waals surface area (Å²) < 4.78 is 19.3. The van der Waals surface area contributed by atoms with Crippen LogP contribution in [0.5, 0.6) is 11.5 Å². The van der Waals surface area contributed by atoms with Crippen molar-refractivity contribution in [1.82, 2.24) is 19.7 Å². The number of aromatic nitrogens is 4. The smallest absolute Gasteiger partial charge is 0.249 e. The second-order valence-electron chi connectivity index (χ2n) is 6.80. The zero-order chi connectivity index (χ0) is 21.2. The molecule has 31 heavy (non-hydrogen) atoms. The Bertz CT molecular complexity index is 1220. The molecular formula is C22H19ClN4O3S. The molecule has 0 atom stereocenters. The molecule has 0 radical (unpaired) electrons. The van der Waals surface area contributed by atoms with Crippen LogP contribution in [0.4, 0.5) is 0 Å². The third kappa shape index (κ3) is 4.00. The lowest BCUT2D eigenvalue weighted by Crippen LogP contribution is -2.15. The van der Waals surface area contributed by atoms with Gasteiger partial charge >= 0.3 is 0 Å². The van der Waals surface area contributed by atoms with Gasteiger partial charge in [0, 0.05) is 12.1 Å². The molecule has 5 rings (SSSR count). The van der Waals surface area contributed by atoms with Crippen molar-refractivity contribution in [2.24, 2.45) is 0 Å². The second kappa shape index (κ2) is 8.64. The standard InChI is InChI=1S/C22H19ClN4O3S/c1-2-27-17(14-7-8-18-19(11-14)29-10-9-28-18)12-24-22(27)31-13-20-25-26-21(30-20)15-5-3-4-6-16(15)23/h3-8,11-12H,2,9-10,13H2,1H3. The number of nitrogens with zero attached hydrogens (tertiary/aromatic N) is 4. The molecule has 1 aliphatic rings. The summed E-state index contributed by atoms with van der Waals surface area (Å²) in [6, 6.07) is 13.4. The molecule has 0 spiro atoms. The average molecular weight is 455 g/mol. The molecule has 0 unspecified atom stereocenters. The SMILES string of the molecule is CCn1c(-c2ccc3c(c2)OCCO3)cnc1SCc1nnc(-c2ccccc2Cl)o1. The van der Waals surface area contributed by atoms with E-state index in [0.29, 0.717) is 35.8 Å². The van der Waals surface area contributed by atoms with Crippen LogP contribution in [0, 0.1) is 0 Å². The van der Waals surface area contributed by atoms with Crippen molar-refractivity contribution in [3.8, 4) is 34.2 Å². The van der Waals surface area contributed by atoms with Crippen LogP contribution >= 0.6 is 23.4 Å². The lowest BCUT2D eigenvalue weighted by Gasteiger charge is -2.19. The highest BCUT2D eigenvalue weighted by atomic mass is 35.5. The van der Waals surface area contributed by atoms with Gasteiger partial charge in [-0.3, -0.25) is 0 Å². The van der Waals surface area contributed by atoms with Crippen LogP contribution in [0.25, 0.3) is 22.7 Å². The van der Waals surface area contributed by atoms with Crippen LogP contribution < -0.4 is 9.47 Å². The van der Waals surface area contributed by atoms with E-state index in [1.54, 1.807) is 17.8 Å². The van der Waals surface area contributed by atoms with Gasteiger partial charge in [-0.15, -0.1) is 10.2 Å². The highest BCUT2D eigenvalue weighted by Crippen LogP contribution is 2.36. The number of fused-ring (bicyclic) bond motifs is 1. The molecule has 0 amide bonds. The Labute approximate surface area is 188 Å². The van der Waals surface area contributed by atoms with E-state index in [2.05, 4.69) is 26.7 Å². The molecule has 3 heterocycles. The van der Waals surface area contributed by atoms with Crippen molar-refractivity contribution in [1.29, 1.82) is 0 Å². The normalized spacial score (nSPS) is 12.8. The minimum Gasteiger partial charge on any atom is -0.486 e. The Morgan fingerprint density at radius 1 is 1.06 bits per heavy atom. The molecule has 0 saturated carbocycles. The number of hydrogen-bond donors (Lipinski definition) is 0. The summed E-state index contributed by atoms with van der Waals surface area (Å²) in [5.74, 6) is 2.98. The van der Waals surface area contributed by atoms with E-state index in [-0.39, 0.29) is 0 Å². The van der Waals surface area contributed by atoms with E-state index in [0.717, 1.165) is 40.0 Å². The van der Waals surface area contributed by atoms with Crippen molar-refractivity contribution in [3.63, 3.8) is 0 Å². The fourth-order valence-electron chi connectivity index (χ4n) is 3.39. The molecule has 2 aromatic carbocycles. The number of rotatable bonds is 6. The molecule has 0 saturated heterocycles. The van der Waals surface area contributed by atoms with Gasteiger partial charge in [0.1, 0.15) is 13.2 Å². The van der Waals surface area contributed by atoms with Gasteiger partial charge in [0.05, 0.1) is 28.2 Å². The molecule has 0 N–H and O–H groups in total. The minimum atomic E-state index is 0.414. The molecule has 9 heteroatoms. The van der Waals surface area contributed by atoms with Gasteiger partial charge in [-0.1, -0.05) is 35.5 Å². The maximum Gasteiger partial charge on any atom is 0.249 e. The molecule has 0 aliphatic carbocycles. The molecule has 4 aromatic rings. The van der Waals surface area contributed by atoms with Crippen LogP contribution in [0.2, 0.25) is 5.02 Å². The molecular weight excluding hydrogens is 436 g/mol.